The Kier molecular flexibility index (Phi) is 2.91. The molecule has 2 aliphatic rings. The molecule has 0 radical (unpaired) electrons. The van der Waals surface area contributed by atoms with Crippen LogP contribution in [0.5, 0.6) is 0 Å². The first-order valence-corrected chi connectivity index (χ1v) is 6.04. The van der Waals surface area contributed by atoms with Gasteiger partial charge in [0.15, 0.2) is 0 Å². The van der Waals surface area contributed by atoms with Gasteiger partial charge >= 0.3 is 5.97 Å². The van der Waals surface area contributed by atoms with Crippen molar-refractivity contribution in [1.29, 1.82) is 0 Å². The largest absolute Gasteiger partial charge is 0.481 e. The lowest BCUT2D eigenvalue weighted by Gasteiger charge is -2.27. The highest BCUT2D eigenvalue weighted by Crippen LogP contribution is 2.52. The lowest BCUT2D eigenvalue weighted by atomic mass is 9.78. The zero-order valence-corrected chi connectivity index (χ0v) is 9.77. The number of aliphatic carboxylic acids is 1. The van der Waals surface area contributed by atoms with Crippen LogP contribution in [0.15, 0.2) is 0 Å². The van der Waals surface area contributed by atoms with Gasteiger partial charge in [0, 0.05) is 6.04 Å². The minimum Gasteiger partial charge on any atom is -0.481 e. The summed E-state index contributed by atoms with van der Waals surface area (Å²) in [5, 5.41) is 12.1. The van der Waals surface area contributed by atoms with E-state index in [1.165, 1.54) is 0 Å². The van der Waals surface area contributed by atoms with Gasteiger partial charge in [0.05, 0.1) is 11.8 Å². The van der Waals surface area contributed by atoms with E-state index in [4.69, 9.17) is 0 Å². The van der Waals surface area contributed by atoms with Gasteiger partial charge in [-0.25, -0.2) is 0 Å². The number of fused-ring (bicyclic) bond motifs is 2. The third kappa shape index (κ3) is 1.81. The quantitative estimate of drug-likeness (QED) is 0.759. The molecule has 0 spiro atoms. The number of nitrogens with one attached hydrogen (secondary N) is 1. The van der Waals surface area contributed by atoms with Crippen LogP contribution in [-0.2, 0) is 9.59 Å². The monoisotopic (exact) mass is 225 g/mol. The maximum absolute atomic E-state index is 12.0. The number of hydrogen-bond donors (Lipinski definition) is 2. The van der Waals surface area contributed by atoms with Crippen molar-refractivity contribution in [2.45, 2.75) is 39.2 Å². The van der Waals surface area contributed by atoms with Crippen LogP contribution in [0.1, 0.15) is 33.1 Å². The molecule has 2 bridgehead atoms. The van der Waals surface area contributed by atoms with Crippen LogP contribution in [0.25, 0.3) is 0 Å². The topological polar surface area (TPSA) is 66.4 Å². The van der Waals surface area contributed by atoms with E-state index in [0.717, 1.165) is 19.3 Å². The molecule has 0 unspecified atom stereocenters. The normalized spacial score (nSPS) is 36.7. The summed E-state index contributed by atoms with van der Waals surface area (Å²) >= 11 is 0. The fourth-order valence-electron chi connectivity index (χ4n) is 3.40. The van der Waals surface area contributed by atoms with E-state index in [0.29, 0.717) is 5.92 Å². The van der Waals surface area contributed by atoms with E-state index >= 15 is 0 Å². The highest BCUT2D eigenvalue weighted by Gasteiger charge is 2.53. The van der Waals surface area contributed by atoms with Crippen molar-refractivity contribution in [2.24, 2.45) is 23.7 Å². The van der Waals surface area contributed by atoms with Gasteiger partial charge in [-0.05, 0) is 44.9 Å². The molecule has 2 fully saturated rings. The molecule has 2 aliphatic carbocycles. The molecular formula is C12H19NO3. The standard InChI is InChI=1S/C12H19NO3/c1-6(2)13-11(14)9-7-3-4-8(5-7)10(9)12(15)16/h6-10H,3-5H2,1-2H3,(H,13,14)(H,15,16)/t7-,8+,9+,10+/m1/s1. The van der Waals surface area contributed by atoms with Gasteiger partial charge < -0.3 is 10.4 Å². The number of hydrogen-bond acceptors (Lipinski definition) is 2. The van der Waals surface area contributed by atoms with Gasteiger partial charge in [-0.2, -0.15) is 0 Å². The number of rotatable bonds is 3. The van der Waals surface area contributed by atoms with Crippen molar-refractivity contribution in [3.05, 3.63) is 0 Å². The second kappa shape index (κ2) is 4.07. The number of amides is 1. The second-order valence-corrected chi connectivity index (χ2v) is 5.39. The van der Waals surface area contributed by atoms with Gasteiger partial charge in [-0.15, -0.1) is 0 Å². The summed E-state index contributed by atoms with van der Waals surface area (Å²) in [7, 11) is 0. The summed E-state index contributed by atoms with van der Waals surface area (Å²) in [6, 6.07) is 0.0843. The van der Waals surface area contributed by atoms with E-state index < -0.39 is 11.9 Å². The molecule has 4 atom stereocenters. The zero-order valence-electron chi connectivity index (χ0n) is 9.77. The van der Waals surface area contributed by atoms with Crippen LogP contribution in [0.3, 0.4) is 0 Å². The molecule has 1 amide bonds. The highest BCUT2D eigenvalue weighted by molar-refractivity contribution is 5.86. The maximum atomic E-state index is 12.0. The minimum absolute atomic E-state index is 0.0606. The van der Waals surface area contributed by atoms with Crippen molar-refractivity contribution in [1.82, 2.24) is 5.32 Å². The molecule has 16 heavy (non-hydrogen) atoms. The molecule has 2 saturated carbocycles. The number of carbonyl (C=O) groups excluding carboxylic acids is 1. The summed E-state index contributed by atoms with van der Waals surface area (Å²) in [6.45, 7) is 3.81. The van der Waals surface area contributed by atoms with E-state index in [9.17, 15) is 14.7 Å². The lowest BCUT2D eigenvalue weighted by molar-refractivity contribution is -0.149. The Bertz CT molecular complexity index is 313. The average molecular weight is 225 g/mol. The maximum Gasteiger partial charge on any atom is 0.307 e. The molecule has 4 nitrogen and oxygen atoms in total. The van der Waals surface area contributed by atoms with E-state index in [-0.39, 0.29) is 23.8 Å². The summed E-state index contributed by atoms with van der Waals surface area (Å²) in [6.07, 6.45) is 2.92. The molecule has 0 saturated heterocycles. The highest BCUT2D eigenvalue weighted by atomic mass is 16.4. The van der Waals surface area contributed by atoms with Gasteiger partial charge in [0.25, 0.3) is 0 Å². The number of carboxylic acids is 1. The number of carboxylic acid groups (broad SMARTS) is 1. The van der Waals surface area contributed by atoms with E-state index in [2.05, 4.69) is 5.32 Å². The van der Waals surface area contributed by atoms with Crippen LogP contribution in [0.2, 0.25) is 0 Å². The average Bonchev–Trinajstić information content (AvgIpc) is 2.74. The van der Waals surface area contributed by atoms with Crippen molar-refractivity contribution >= 4 is 11.9 Å². The lowest BCUT2D eigenvalue weighted by Crippen LogP contribution is -2.43. The molecule has 0 heterocycles. The van der Waals surface area contributed by atoms with Gasteiger partial charge in [-0.3, -0.25) is 9.59 Å². The first-order valence-electron chi connectivity index (χ1n) is 6.04. The van der Waals surface area contributed by atoms with Crippen LogP contribution in [0.4, 0.5) is 0 Å². The zero-order chi connectivity index (χ0) is 11.9. The number of carbonyl (C=O) groups is 2. The molecule has 2 rings (SSSR count). The third-order valence-corrected chi connectivity index (χ3v) is 3.94. The van der Waals surface area contributed by atoms with E-state index in [1.807, 2.05) is 13.8 Å². The molecule has 0 aromatic heterocycles. The predicted molar refractivity (Wildman–Crippen MR) is 58.7 cm³/mol. The van der Waals surface area contributed by atoms with Crippen molar-refractivity contribution in [3.8, 4) is 0 Å². The Labute approximate surface area is 95.4 Å². The van der Waals surface area contributed by atoms with Crippen LogP contribution < -0.4 is 5.32 Å². The molecule has 0 aromatic rings. The molecule has 0 aromatic carbocycles. The van der Waals surface area contributed by atoms with Crippen LogP contribution in [-0.4, -0.2) is 23.0 Å². The molecular weight excluding hydrogens is 206 g/mol. The Hall–Kier alpha value is -1.06. The third-order valence-electron chi connectivity index (χ3n) is 3.94. The Morgan fingerprint density at radius 2 is 1.75 bits per heavy atom. The Balaban J connectivity index is 2.12. The van der Waals surface area contributed by atoms with Gasteiger partial charge in [-0.1, -0.05) is 0 Å². The molecule has 4 heteroatoms. The predicted octanol–water partition coefficient (Wildman–Crippen LogP) is 1.26. The van der Waals surface area contributed by atoms with Crippen LogP contribution >= 0.6 is 0 Å². The van der Waals surface area contributed by atoms with Crippen molar-refractivity contribution < 1.29 is 14.7 Å². The summed E-state index contributed by atoms with van der Waals surface area (Å²) in [5.41, 5.74) is 0. The van der Waals surface area contributed by atoms with Crippen molar-refractivity contribution in [3.63, 3.8) is 0 Å². The van der Waals surface area contributed by atoms with Gasteiger partial charge in [0.1, 0.15) is 0 Å². The fraction of sp³-hybridized carbons (Fsp3) is 0.833. The summed E-state index contributed by atoms with van der Waals surface area (Å²) in [5.74, 6) is -1.07. The molecule has 90 valence electrons. The van der Waals surface area contributed by atoms with Crippen molar-refractivity contribution in [2.75, 3.05) is 0 Å². The summed E-state index contributed by atoms with van der Waals surface area (Å²) < 4.78 is 0. The minimum atomic E-state index is -0.795. The SMILES string of the molecule is CC(C)NC(=O)[C@H]1[C@@H]2CC[C@@H](C2)[C@@H]1C(=O)O. The van der Waals surface area contributed by atoms with Gasteiger partial charge in [0.2, 0.25) is 5.91 Å². The van der Waals surface area contributed by atoms with Crippen LogP contribution in [0, 0.1) is 23.7 Å². The molecule has 0 aliphatic heterocycles. The Morgan fingerprint density at radius 3 is 2.25 bits per heavy atom. The smallest absolute Gasteiger partial charge is 0.307 e. The van der Waals surface area contributed by atoms with E-state index in [1.54, 1.807) is 0 Å². The first kappa shape index (κ1) is 11.4. The first-order chi connectivity index (χ1) is 7.50. The Morgan fingerprint density at radius 1 is 1.19 bits per heavy atom. The fourth-order valence-corrected chi connectivity index (χ4v) is 3.40. The molecule has 2 N–H and O–H groups in total. The second-order valence-electron chi connectivity index (χ2n) is 5.39. The summed E-state index contributed by atoms with van der Waals surface area (Å²) in [4.78, 5) is 23.2.